The summed E-state index contributed by atoms with van der Waals surface area (Å²) >= 11 is 1.23. The highest BCUT2D eigenvalue weighted by molar-refractivity contribution is 7.12. The second-order valence-electron chi connectivity index (χ2n) is 4.03. The zero-order chi connectivity index (χ0) is 15.9. The Hall–Kier alpha value is -2.80. The minimum atomic E-state index is -0.561. The van der Waals surface area contributed by atoms with E-state index in [4.69, 9.17) is 0 Å². The van der Waals surface area contributed by atoms with Gasteiger partial charge in [0.1, 0.15) is 11.9 Å². The van der Waals surface area contributed by atoms with E-state index in [1.54, 1.807) is 35.7 Å². The van der Waals surface area contributed by atoms with Gasteiger partial charge in [-0.15, -0.1) is 21.6 Å². The van der Waals surface area contributed by atoms with Crippen LogP contribution in [0, 0.1) is 0 Å². The van der Waals surface area contributed by atoms with Crippen LogP contribution in [-0.4, -0.2) is 24.0 Å². The Balaban J connectivity index is 2.28. The molecule has 0 saturated heterocycles. The summed E-state index contributed by atoms with van der Waals surface area (Å²) in [4.78, 5) is 24.1. The van der Waals surface area contributed by atoms with Gasteiger partial charge < -0.3 is 9.84 Å². The van der Waals surface area contributed by atoms with Gasteiger partial charge >= 0.3 is 5.97 Å². The molecular weight excluding hydrogens is 304 g/mol. The molecule has 112 valence electrons. The maximum atomic E-state index is 12.1. The van der Waals surface area contributed by atoms with Gasteiger partial charge in [0.25, 0.3) is 0 Å². The molecule has 0 aliphatic rings. The number of methoxy groups -OCH3 is 1. The first-order chi connectivity index (χ1) is 10.7. The minimum Gasteiger partial charge on any atom is -0.513 e. The number of azo groups is 1. The van der Waals surface area contributed by atoms with Crippen LogP contribution >= 0.6 is 11.3 Å². The van der Waals surface area contributed by atoms with E-state index in [1.165, 1.54) is 24.5 Å². The minimum absolute atomic E-state index is 0.217. The number of hydrogen-bond acceptors (Lipinski definition) is 7. The maximum absolute atomic E-state index is 12.1. The number of carbonyl (C=O) groups excluding carboxylic acids is 2. The second kappa shape index (κ2) is 7.28. The molecule has 1 heterocycles. The van der Waals surface area contributed by atoms with Crippen molar-refractivity contribution < 1.29 is 19.4 Å². The van der Waals surface area contributed by atoms with E-state index < -0.39 is 11.8 Å². The standard InChI is InChI=1S/C15H12N2O4S/c1-21-15(20)10-5-2-3-6-11(10)16-17-12(9-18)14(19)13-7-4-8-22-13/h2-9,18H,1H3. The molecule has 7 heteroatoms. The number of rotatable bonds is 5. The molecule has 1 aromatic heterocycles. The molecule has 0 aliphatic heterocycles. The zero-order valence-electron chi connectivity index (χ0n) is 11.6. The Labute approximate surface area is 130 Å². The zero-order valence-corrected chi connectivity index (χ0v) is 12.4. The molecule has 0 aliphatic carbocycles. The number of aliphatic hydroxyl groups is 1. The number of esters is 1. The van der Waals surface area contributed by atoms with Crippen LogP contribution in [0.2, 0.25) is 0 Å². The topological polar surface area (TPSA) is 88.3 Å². The molecule has 1 aromatic carbocycles. The number of allylic oxidation sites excluding steroid dienone is 1. The summed E-state index contributed by atoms with van der Waals surface area (Å²) in [6.45, 7) is 0. The third-order valence-electron chi connectivity index (χ3n) is 2.67. The monoisotopic (exact) mass is 316 g/mol. The fraction of sp³-hybridized carbons (Fsp3) is 0.0667. The van der Waals surface area contributed by atoms with Crippen molar-refractivity contribution in [3.8, 4) is 0 Å². The predicted molar refractivity (Wildman–Crippen MR) is 81.7 cm³/mol. The molecule has 0 fully saturated rings. The Kier molecular flexibility index (Phi) is 5.16. The van der Waals surface area contributed by atoms with Gasteiger partial charge in [-0.3, -0.25) is 4.79 Å². The van der Waals surface area contributed by atoms with Gasteiger partial charge in [-0.1, -0.05) is 18.2 Å². The number of ether oxygens (including phenoxy) is 1. The van der Waals surface area contributed by atoms with Crippen molar-refractivity contribution in [1.82, 2.24) is 0 Å². The molecule has 6 nitrogen and oxygen atoms in total. The number of carbonyl (C=O) groups is 2. The fourth-order valence-corrected chi connectivity index (χ4v) is 2.29. The van der Waals surface area contributed by atoms with Crippen LogP contribution < -0.4 is 0 Å². The van der Waals surface area contributed by atoms with Crippen molar-refractivity contribution in [2.45, 2.75) is 0 Å². The number of aliphatic hydroxyl groups excluding tert-OH is 1. The lowest BCUT2D eigenvalue weighted by molar-refractivity contribution is 0.0601. The molecule has 0 unspecified atom stereocenters. The molecule has 2 rings (SSSR count). The van der Waals surface area contributed by atoms with E-state index in [2.05, 4.69) is 15.0 Å². The summed E-state index contributed by atoms with van der Waals surface area (Å²) < 4.78 is 4.65. The molecule has 0 atom stereocenters. The highest BCUT2D eigenvalue weighted by atomic mass is 32.1. The van der Waals surface area contributed by atoms with Crippen LogP contribution in [0.3, 0.4) is 0 Å². The van der Waals surface area contributed by atoms with Gasteiger partial charge in [0, 0.05) is 0 Å². The molecule has 2 aromatic rings. The molecular formula is C15H12N2O4S. The summed E-state index contributed by atoms with van der Waals surface area (Å²) in [5.74, 6) is -1.01. The first-order valence-electron chi connectivity index (χ1n) is 6.19. The van der Waals surface area contributed by atoms with E-state index in [1.807, 2.05) is 0 Å². The van der Waals surface area contributed by atoms with Crippen molar-refractivity contribution in [1.29, 1.82) is 0 Å². The van der Waals surface area contributed by atoms with Crippen molar-refractivity contribution >= 4 is 28.8 Å². The Morgan fingerprint density at radius 2 is 2.00 bits per heavy atom. The molecule has 1 N–H and O–H groups in total. The van der Waals surface area contributed by atoms with Crippen LogP contribution in [0.5, 0.6) is 0 Å². The first-order valence-corrected chi connectivity index (χ1v) is 7.07. The van der Waals surface area contributed by atoms with Crippen molar-refractivity contribution in [3.05, 3.63) is 64.2 Å². The van der Waals surface area contributed by atoms with Gasteiger partial charge in [-0.05, 0) is 23.6 Å². The van der Waals surface area contributed by atoms with Gasteiger partial charge in [-0.2, -0.15) is 0 Å². The average Bonchev–Trinajstić information content (AvgIpc) is 3.09. The van der Waals surface area contributed by atoms with Crippen LogP contribution in [0.15, 0.2) is 64.0 Å². The van der Waals surface area contributed by atoms with Gasteiger partial charge in [-0.25, -0.2) is 4.79 Å². The second-order valence-corrected chi connectivity index (χ2v) is 4.98. The van der Waals surface area contributed by atoms with E-state index >= 15 is 0 Å². The van der Waals surface area contributed by atoms with Crippen LogP contribution in [0.1, 0.15) is 20.0 Å². The lowest BCUT2D eigenvalue weighted by Crippen LogP contribution is -2.01. The highest BCUT2D eigenvalue weighted by Crippen LogP contribution is 2.22. The largest absolute Gasteiger partial charge is 0.513 e. The van der Waals surface area contributed by atoms with Crippen molar-refractivity contribution in [2.75, 3.05) is 7.11 Å². The number of hydrogen-bond donors (Lipinski definition) is 1. The Morgan fingerprint density at radius 3 is 2.64 bits per heavy atom. The third kappa shape index (κ3) is 3.44. The van der Waals surface area contributed by atoms with E-state index in [0.717, 1.165) is 0 Å². The van der Waals surface area contributed by atoms with Crippen LogP contribution in [-0.2, 0) is 4.74 Å². The number of Topliss-reactive ketones (excluding diaryl/α,β-unsaturated/α-hetero) is 1. The molecule has 0 radical (unpaired) electrons. The predicted octanol–water partition coefficient (Wildman–Crippen LogP) is 3.90. The molecule has 22 heavy (non-hydrogen) atoms. The molecule has 0 amide bonds. The number of benzene rings is 1. The normalized spacial score (nSPS) is 11.6. The summed E-state index contributed by atoms with van der Waals surface area (Å²) in [7, 11) is 1.26. The lowest BCUT2D eigenvalue weighted by atomic mass is 10.2. The highest BCUT2D eigenvalue weighted by Gasteiger charge is 2.15. The Morgan fingerprint density at radius 1 is 1.23 bits per heavy atom. The summed E-state index contributed by atoms with van der Waals surface area (Å²) in [5, 5.41) is 18.5. The summed E-state index contributed by atoms with van der Waals surface area (Å²) in [6, 6.07) is 9.75. The van der Waals surface area contributed by atoms with Crippen molar-refractivity contribution in [3.63, 3.8) is 0 Å². The lowest BCUT2D eigenvalue weighted by Gasteiger charge is -2.02. The van der Waals surface area contributed by atoms with Gasteiger partial charge in [0.2, 0.25) is 5.78 Å². The van der Waals surface area contributed by atoms with E-state index in [0.29, 0.717) is 11.1 Å². The van der Waals surface area contributed by atoms with E-state index in [9.17, 15) is 14.7 Å². The molecule has 0 saturated carbocycles. The summed E-state index contributed by atoms with van der Waals surface area (Å²) in [6.07, 6.45) is 0.590. The van der Waals surface area contributed by atoms with Crippen molar-refractivity contribution in [2.24, 2.45) is 10.2 Å². The molecule has 0 spiro atoms. The average molecular weight is 316 g/mol. The van der Waals surface area contributed by atoms with Gasteiger partial charge in [0.15, 0.2) is 5.70 Å². The smallest absolute Gasteiger partial charge is 0.340 e. The third-order valence-corrected chi connectivity index (χ3v) is 3.54. The number of nitrogens with zero attached hydrogens (tertiary/aromatic N) is 2. The van der Waals surface area contributed by atoms with Gasteiger partial charge in [0.05, 0.1) is 17.6 Å². The first kappa shape index (κ1) is 15.6. The fourth-order valence-electron chi connectivity index (χ4n) is 1.61. The molecule has 0 bridgehead atoms. The van der Waals surface area contributed by atoms with E-state index in [-0.39, 0.29) is 16.9 Å². The maximum Gasteiger partial charge on any atom is 0.340 e. The number of ketones is 1. The number of thiophene rings is 1. The summed E-state index contributed by atoms with van der Waals surface area (Å²) in [5.41, 5.74) is 0.240. The Bertz CT molecular complexity index is 736. The quantitative estimate of drug-likeness (QED) is 0.298. The SMILES string of the molecule is COC(=O)c1ccccc1N=NC(=CO)C(=O)c1cccs1. The van der Waals surface area contributed by atoms with Crippen LogP contribution in [0.25, 0.3) is 0 Å². The van der Waals surface area contributed by atoms with Crippen LogP contribution in [0.4, 0.5) is 5.69 Å².